The molecule has 0 radical (unpaired) electrons. The first-order chi connectivity index (χ1) is 15.2. The maximum Gasteiger partial charge on any atom is 0.234 e. The third kappa shape index (κ3) is 3.97. The SMILES string of the molecule is COc1ccc(NC(=O)CSc2nnc3ccc(-c4ccc5c(c4)OCO5)nn23)cc1. The maximum atomic E-state index is 12.3. The van der Waals surface area contributed by atoms with Gasteiger partial charge in [-0.25, -0.2) is 0 Å². The molecule has 9 nitrogen and oxygen atoms in total. The Bertz CT molecular complexity index is 1260. The van der Waals surface area contributed by atoms with E-state index in [9.17, 15) is 4.79 Å². The Morgan fingerprint density at radius 1 is 1.10 bits per heavy atom. The van der Waals surface area contributed by atoms with Gasteiger partial charge in [0.25, 0.3) is 0 Å². The maximum absolute atomic E-state index is 12.3. The zero-order chi connectivity index (χ0) is 21.2. The van der Waals surface area contributed by atoms with Gasteiger partial charge in [0.2, 0.25) is 17.9 Å². The highest BCUT2D eigenvalue weighted by atomic mass is 32.2. The summed E-state index contributed by atoms with van der Waals surface area (Å²) >= 11 is 1.26. The van der Waals surface area contributed by atoms with E-state index in [1.807, 2.05) is 30.3 Å². The number of thioether (sulfide) groups is 1. The van der Waals surface area contributed by atoms with Crippen molar-refractivity contribution in [3.63, 3.8) is 0 Å². The van der Waals surface area contributed by atoms with Gasteiger partial charge in [-0.1, -0.05) is 11.8 Å². The van der Waals surface area contributed by atoms with Crippen molar-refractivity contribution in [2.24, 2.45) is 0 Å². The summed E-state index contributed by atoms with van der Waals surface area (Å²) in [4.78, 5) is 12.3. The number of carbonyl (C=O) groups excluding carboxylic acids is 1. The van der Waals surface area contributed by atoms with Gasteiger partial charge in [0.1, 0.15) is 5.75 Å². The molecule has 156 valence electrons. The summed E-state index contributed by atoms with van der Waals surface area (Å²) < 4.78 is 17.6. The van der Waals surface area contributed by atoms with Crippen LogP contribution in [0.3, 0.4) is 0 Å². The number of nitrogens with zero attached hydrogens (tertiary/aromatic N) is 4. The number of ether oxygens (including phenoxy) is 3. The van der Waals surface area contributed by atoms with E-state index >= 15 is 0 Å². The van der Waals surface area contributed by atoms with Crippen molar-refractivity contribution in [3.8, 4) is 28.5 Å². The number of carbonyl (C=O) groups is 1. The summed E-state index contributed by atoms with van der Waals surface area (Å²) in [6, 6.07) is 16.5. The molecule has 0 saturated heterocycles. The predicted molar refractivity (Wildman–Crippen MR) is 115 cm³/mol. The van der Waals surface area contributed by atoms with Crippen LogP contribution in [0, 0.1) is 0 Å². The van der Waals surface area contributed by atoms with E-state index < -0.39 is 0 Å². The Morgan fingerprint density at radius 3 is 2.77 bits per heavy atom. The molecule has 0 bridgehead atoms. The van der Waals surface area contributed by atoms with Crippen molar-refractivity contribution in [1.29, 1.82) is 0 Å². The molecule has 1 amide bonds. The molecular formula is C21H17N5O4S. The van der Waals surface area contributed by atoms with Gasteiger partial charge in [0, 0.05) is 11.3 Å². The third-order valence-electron chi connectivity index (χ3n) is 4.61. The molecule has 1 aliphatic heterocycles. The zero-order valence-electron chi connectivity index (χ0n) is 16.4. The smallest absolute Gasteiger partial charge is 0.234 e. The number of methoxy groups -OCH3 is 1. The number of rotatable bonds is 6. The summed E-state index contributed by atoms with van der Waals surface area (Å²) in [7, 11) is 1.60. The Balaban J connectivity index is 1.31. The molecule has 0 aliphatic carbocycles. The van der Waals surface area contributed by atoms with E-state index in [1.54, 1.807) is 35.9 Å². The van der Waals surface area contributed by atoms with Crippen LogP contribution in [0.1, 0.15) is 0 Å². The summed E-state index contributed by atoms with van der Waals surface area (Å²) in [5, 5.41) is 16.3. The van der Waals surface area contributed by atoms with Crippen LogP contribution in [-0.2, 0) is 4.79 Å². The van der Waals surface area contributed by atoms with Gasteiger partial charge in [0.15, 0.2) is 17.1 Å². The van der Waals surface area contributed by atoms with E-state index in [1.165, 1.54) is 11.8 Å². The number of anilines is 1. The lowest BCUT2D eigenvalue weighted by molar-refractivity contribution is -0.113. The van der Waals surface area contributed by atoms with Crippen molar-refractivity contribution in [2.45, 2.75) is 5.16 Å². The van der Waals surface area contributed by atoms with Crippen LogP contribution in [0.25, 0.3) is 16.9 Å². The second-order valence-corrected chi connectivity index (χ2v) is 7.55. The summed E-state index contributed by atoms with van der Waals surface area (Å²) in [5.74, 6) is 2.15. The topological polar surface area (TPSA) is 99.9 Å². The standard InChI is InChI=1S/C21H17N5O4S/c1-28-15-5-3-14(4-6-15)22-20(27)11-31-21-24-23-19-9-7-16(25-26(19)21)13-2-8-17-18(10-13)30-12-29-17/h2-10H,11-12H2,1H3,(H,22,27). The average molecular weight is 435 g/mol. The molecule has 2 aromatic heterocycles. The molecule has 1 N–H and O–H groups in total. The minimum atomic E-state index is -0.154. The molecule has 31 heavy (non-hydrogen) atoms. The first kappa shape index (κ1) is 19.2. The second kappa shape index (κ2) is 8.15. The number of hydrogen-bond acceptors (Lipinski definition) is 8. The van der Waals surface area contributed by atoms with E-state index in [-0.39, 0.29) is 18.5 Å². The lowest BCUT2D eigenvalue weighted by Crippen LogP contribution is -2.14. The molecule has 2 aromatic carbocycles. The van der Waals surface area contributed by atoms with Crippen LogP contribution in [0.4, 0.5) is 5.69 Å². The summed E-state index contributed by atoms with van der Waals surface area (Å²) in [6.45, 7) is 0.218. The van der Waals surface area contributed by atoms with Gasteiger partial charge < -0.3 is 19.5 Å². The van der Waals surface area contributed by atoms with Crippen LogP contribution < -0.4 is 19.5 Å². The number of hydrogen-bond donors (Lipinski definition) is 1. The molecule has 5 rings (SSSR count). The van der Waals surface area contributed by atoms with Crippen LogP contribution in [-0.4, -0.2) is 45.4 Å². The van der Waals surface area contributed by atoms with Crippen molar-refractivity contribution in [3.05, 3.63) is 54.6 Å². The van der Waals surface area contributed by atoms with Crippen LogP contribution >= 0.6 is 11.8 Å². The van der Waals surface area contributed by atoms with Crippen LogP contribution in [0.5, 0.6) is 17.2 Å². The first-order valence-corrected chi connectivity index (χ1v) is 10.4. The Hall–Kier alpha value is -3.79. The number of aromatic nitrogens is 4. The van der Waals surface area contributed by atoms with Crippen LogP contribution in [0.2, 0.25) is 0 Å². The first-order valence-electron chi connectivity index (χ1n) is 9.39. The quantitative estimate of drug-likeness (QED) is 0.461. The minimum Gasteiger partial charge on any atom is -0.497 e. The number of benzene rings is 2. The Kier molecular flexibility index (Phi) is 5.04. The fourth-order valence-electron chi connectivity index (χ4n) is 3.07. The predicted octanol–water partition coefficient (Wildman–Crippen LogP) is 3.26. The highest BCUT2D eigenvalue weighted by Gasteiger charge is 2.16. The molecule has 4 aromatic rings. The van der Waals surface area contributed by atoms with Crippen molar-refractivity contribution >= 4 is 29.0 Å². The largest absolute Gasteiger partial charge is 0.497 e. The van der Waals surface area contributed by atoms with Gasteiger partial charge in [0.05, 0.1) is 18.6 Å². The molecular weight excluding hydrogens is 418 g/mol. The Morgan fingerprint density at radius 2 is 1.94 bits per heavy atom. The van der Waals surface area contributed by atoms with E-state index in [4.69, 9.17) is 14.2 Å². The normalized spacial score (nSPS) is 12.2. The molecule has 0 unspecified atom stereocenters. The highest BCUT2D eigenvalue weighted by molar-refractivity contribution is 7.99. The molecule has 0 spiro atoms. The monoisotopic (exact) mass is 435 g/mol. The lowest BCUT2D eigenvalue weighted by Gasteiger charge is -2.06. The van der Waals surface area contributed by atoms with E-state index in [0.29, 0.717) is 28.0 Å². The Labute approximate surface area is 181 Å². The van der Waals surface area contributed by atoms with Crippen molar-refractivity contribution in [2.75, 3.05) is 25.0 Å². The van der Waals surface area contributed by atoms with Gasteiger partial charge in [-0.2, -0.15) is 9.61 Å². The van der Waals surface area contributed by atoms with Crippen molar-refractivity contribution in [1.82, 2.24) is 19.8 Å². The molecule has 3 heterocycles. The molecule has 0 saturated carbocycles. The number of nitrogens with one attached hydrogen (secondary N) is 1. The van der Waals surface area contributed by atoms with Gasteiger partial charge >= 0.3 is 0 Å². The van der Waals surface area contributed by atoms with Gasteiger partial charge in [-0.15, -0.1) is 10.2 Å². The highest BCUT2D eigenvalue weighted by Crippen LogP contribution is 2.35. The average Bonchev–Trinajstić information content (AvgIpc) is 3.44. The lowest BCUT2D eigenvalue weighted by atomic mass is 10.1. The van der Waals surface area contributed by atoms with Gasteiger partial charge in [-0.05, 0) is 54.6 Å². The van der Waals surface area contributed by atoms with Crippen LogP contribution in [0.15, 0.2) is 59.8 Å². The summed E-state index contributed by atoms with van der Waals surface area (Å²) in [6.07, 6.45) is 0. The fraction of sp³-hybridized carbons (Fsp3) is 0.143. The summed E-state index contributed by atoms with van der Waals surface area (Å²) in [5.41, 5.74) is 2.91. The number of fused-ring (bicyclic) bond motifs is 2. The third-order valence-corrected chi connectivity index (χ3v) is 5.53. The fourth-order valence-corrected chi connectivity index (χ4v) is 3.76. The molecule has 10 heteroatoms. The zero-order valence-corrected chi connectivity index (χ0v) is 17.3. The minimum absolute atomic E-state index is 0.154. The molecule has 1 aliphatic rings. The molecule has 0 fully saturated rings. The number of amides is 1. The van der Waals surface area contributed by atoms with E-state index in [2.05, 4.69) is 20.6 Å². The van der Waals surface area contributed by atoms with Gasteiger partial charge in [-0.3, -0.25) is 4.79 Å². The van der Waals surface area contributed by atoms with Crippen molar-refractivity contribution < 1.29 is 19.0 Å². The molecule has 0 atom stereocenters. The second-order valence-electron chi connectivity index (χ2n) is 6.60. The van der Waals surface area contributed by atoms with E-state index in [0.717, 1.165) is 17.0 Å².